The van der Waals surface area contributed by atoms with Crippen molar-refractivity contribution >= 4 is 11.8 Å². The smallest absolute Gasteiger partial charge is 0.354 e. The lowest BCUT2D eigenvalue weighted by Gasteiger charge is -2.32. The minimum atomic E-state index is -0.987. The Morgan fingerprint density at radius 3 is 2.65 bits per heavy atom. The van der Waals surface area contributed by atoms with E-state index in [2.05, 4.69) is 24.6 Å². The Labute approximate surface area is 134 Å². The van der Waals surface area contributed by atoms with Gasteiger partial charge in [-0.05, 0) is 37.8 Å². The summed E-state index contributed by atoms with van der Waals surface area (Å²) < 4.78 is 2.24. The summed E-state index contributed by atoms with van der Waals surface area (Å²) in [4.78, 5) is 17.4. The number of piperidine rings is 1. The van der Waals surface area contributed by atoms with Crippen molar-refractivity contribution in [1.29, 1.82) is 0 Å². The largest absolute Gasteiger partial charge is 0.477 e. The number of anilines is 1. The van der Waals surface area contributed by atoms with Gasteiger partial charge in [-0.2, -0.15) is 0 Å². The van der Waals surface area contributed by atoms with Crippen LogP contribution in [0.3, 0.4) is 0 Å². The summed E-state index contributed by atoms with van der Waals surface area (Å²) in [6, 6.07) is 5.75. The lowest BCUT2D eigenvalue weighted by atomic mass is 9.96. The maximum absolute atomic E-state index is 11.1. The Bertz CT molecular complexity index is 717. The van der Waals surface area contributed by atoms with Crippen molar-refractivity contribution in [3.05, 3.63) is 36.0 Å². The molecular formula is C16H19N5O2. The van der Waals surface area contributed by atoms with Crippen LogP contribution >= 0.6 is 0 Å². The molecule has 7 heteroatoms. The third-order valence-electron chi connectivity index (χ3n) is 4.68. The van der Waals surface area contributed by atoms with Crippen LogP contribution < -0.4 is 4.90 Å². The van der Waals surface area contributed by atoms with Crippen LogP contribution in [0.1, 0.15) is 54.0 Å². The van der Waals surface area contributed by atoms with Gasteiger partial charge in [-0.15, -0.1) is 10.2 Å². The van der Waals surface area contributed by atoms with Gasteiger partial charge in [0.25, 0.3) is 0 Å². The van der Waals surface area contributed by atoms with Gasteiger partial charge in [0.05, 0.1) is 0 Å². The van der Waals surface area contributed by atoms with Crippen molar-refractivity contribution < 1.29 is 9.90 Å². The van der Waals surface area contributed by atoms with E-state index in [1.165, 1.54) is 18.9 Å². The van der Waals surface area contributed by atoms with Crippen molar-refractivity contribution in [2.75, 3.05) is 18.0 Å². The Kier molecular flexibility index (Phi) is 3.48. The number of rotatable bonds is 4. The average molecular weight is 313 g/mol. The Balaban J connectivity index is 1.45. The summed E-state index contributed by atoms with van der Waals surface area (Å²) >= 11 is 0. The van der Waals surface area contributed by atoms with Crippen molar-refractivity contribution in [2.24, 2.45) is 0 Å². The monoisotopic (exact) mass is 313 g/mol. The molecule has 0 radical (unpaired) electrons. The highest BCUT2D eigenvalue weighted by molar-refractivity contribution is 5.85. The fraction of sp³-hybridized carbons (Fsp3) is 0.500. The molecule has 1 saturated heterocycles. The summed E-state index contributed by atoms with van der Waals surface area (Å²) in [6.07, 6.45) is 6.30. The van der Waals surface area contributed by atoms with E-state index >= 15 is 0 Å². The van der Waals surface area contributed by atoms with Gasteiger partial charge >= 0.3 is 5.97 Å². The van der Waals surface area contributed by atoms with E-state index in [1.54, 1.807) is 6.07 Å². The quantitative estimate of drug-likeness (QED) is 0.930. The van der Waals surface area contributed by atoms with Crippen molar-refractivity contribution in [2.45, 2.75) is 37.6 Å². The molecule has 0 bridgehead atoms. The average Bonchev–Trinajstić information content (AvgIpc) is 3.32. The summed E-state index contributed by atoms with van der Waals surface area (Å²) in [5.41, 5.74) is 0.0955. The van der Waals surface area contributed by atoms with E-state index in [0.29, 0.717) is 12.0 Å². The maximum atomic E-state index is 11.1. The number of aromatic nitrogens is 4. The second-order valence-electron chi connectivity index (χ2n) is 6.28. The lowest BCUT2D eigenvalue weighted by Crippen LogP contribution is -2.34. The molecule has 2 fully saturated rings. The third kappa shape index (κ3) is 2.78. The zero-order chi connectivity index (χ0) is 15.8. The van der Waals surface area contributed by atoms with Gasteiger partial charge < -0.3 is 14.6 Å². The summed E-state index contributed by atoms with van der Waals surface area (Å²) in [5.74, 6) is 1.29. The van der Waals surface area contributed by atoms with E-state index < -0.39 is 5.97 Å². The van der Waals surface area contributed by atoms with Crippen molar-refractivity contribution in [3.63, 3.8) is 0 Å². The first-order valence-corrected chi connectivity index (χ1v) is 8.07. The van der Waals surface area contributed by atoms with Crippen LogP contribution in [-0.2, 0) is 0 Å². The van der Waals surface area contributed by atoms with Gasteiger partial charge in [-0.3, -0.25) is 0 Å². The van der Waals surface area contributed by atoms with Gasteiger partial charge in [0.1, 0.15) is 18.0 Å². The molecule has 2 aromatic heterocycles. The molecule has 1 N–H and O–H groups in total. The van der Waals surface area contributed by atoms with Crippen molar-refractivity contribution in [3.8, 4) is 0 Å². The normalized spacial score (nSPS) is 19.0. The molecule has 7 nitrogen and oxygen atoms in total. The maximum Gasteiger partial charge on any atom is 0.354 e. The Hall–Kier alpha value is -2.44. The molecule has 0 unspecified atom stereocenters. The second-order valence-corrected chi connectivity index (χ2v) is 6.28. The number of hydrogen-bond acceptors (Lipinski definition) is 5. The number of carboxylic acids is 1. The van der Waals surface area contributed by atoms with Gasteiger partial charge in [0, 0.05) is 25.0 Å². The highest BCUT2D eigenvalue weighted by Crippen LogP contribution is 2.38. The molecule has 0 aromatic carbocycles. The standard InChI is InChI=1S/C16H19N5O2/c22-16(23)13-2-1-3-14(18-13)20-8-6-11(7-9-20)15-19-17-10-21(15)12-4-5-12/h1-3,10-12H,4-9H2,(H,22,23). The molecule has 1 saturated carbocycles. The van der Waals surface area contributed by atoms with E-state index in [9.17, 15) is 4.79 Å². The van der Waals surface area contributed by atoms with E-state index in [-0.39, 0.29) is 5.69 Å². The van der Waals surface area contributed by atoms with Crippen LogP contribution in [0.25, 0.3) is 0 Å². The van der Waals surface area contributed by atoms with E-state index in [0.717, 1.165) is 37.6 Å². The number of carboxylic acid groups (broad SMARTS) is 1. The first-order chi connectivity index (χ1) is 11.2. The molecule has 1 aliphatic heterocycles. The summed E-state index contributed by atoms with van der Waals surface area (Å²) in [6.45, 7) is 1.72. The molecule has 0 atom stereocenters. The SMILES string of the molecule is O=C(O)c1cccc(N2CCC(c3nncn3C3CC3)CC2)n1. The Morgan fingerprint density at radius 2 is 1.96 bits per heavy atom. The molecule has 1 aliphatic carbocycles. The molecule has 3 heterocycles. The fourth-order valence-corrected chi connectivity index (χ4v) is 3.26. The predicted molar refractivity (Wildman–Crippen MR) is 83.7 cm³/mol. The van der Waals surface area contributed by atoms with Gasteiger partial charge in [0.15, 0.2) is 5.69 Å². The van der Waals surface area contributed by atoms with Gasteiger partial charge in [-0.1, -0.05) is 6.07 Å². The predicted octanol–water partition coefficient (Wildman–Crippen LogP) is 2.09. The van der Waals surface area contributed by atoms with Crippen LogP contribution in [0, 0.1) is 0 Å². The highest BCUT2D eigenvalue weighted by atomic mass is 16.4. The first-order valence-electron chi connectivity index (χ1n) is 8.07. The number of pyridine rings is 1. The van der Waals surface area contributed by atoms with Crippen LogP contribution in [0.15, 0.2) is 24.5 Å². The van der Waals surface area contributed by atoms with Gasteiger partial charge in [-0.25, -0.2) is 9.78 Å². The minimum Gasteiger partial charge on any atom is -0.477 e. The van der Waals surface area contributed by atoms with Crippen LogP contribution in [0.2, 0.25) is 0 Å². The zero-order valence-electron chi connectivity index (χ0n) is 12.8. The van der Waals surface area contributed by atoms with Crippen LogP contribution in [0.5, 0.6) is 0 Å². The topological polar surface area (TPSA) is 84.1 Å². The molecule has 0 amide bonds. The molecule has 2 aliphatic rings. The number of carbonyl (C=O) groups is 1. The minimum absolute atomic E-state index is 0.0955. The van der Waals surface area contributed by atoms with E-state index in [1.807, 2.05) is 12.4 Å². The highest BCUT2D eigenvalue weighted by Gasteiger charge is 2.31. The van der Waals surface area contributed by atoms with E-state index in [4.69, 9.17) is 5.11 Å². The third-order valence-corrected chi connectivity index (χ3v) is 4.68. The molecule has 23 heavy (non-hydrogen) atoms. The van der Waals surface area contributed by atoms with Gasteiger partial charge in [0.2, 0.25) is 0 Å². The summed E-state index contributed by atoms with van der Waals surface area (Å²) in [7, 11) is 0. The number of aromatic carboxylic acids is 1. The first kappa shape index (κ1) is 14.2. The Morgan fingerprint density at radius 1 is 1.17 bits per heavy atom. The van der Waals surface area contributed by atoms with Crippen LogP contribution in [0.4, 0.5) is 5.82 Å². The zero-order valence-corrected chi connectivity index (χ0v) is 12.8. The van der Waals surface area contributed by atoms with Crippen molar-refractivity contribution in [1.82, 2.24) is 19.7 Å². The summed E-state index contributed by atoms with van der Waals surface area (Å²) in [5, 5.41) is 17.5. The molecule has 0 spiro atoms. The molecule has 120 valence electrons. The number of hydrogen-bond donors (Lipinski definition) is 1. The second kappa shape index (κ2) is 5.64. The molecule has 4 rings (SSSR count). The fourth-order valence-electron chi connectivity index (χ4n) is 3.26. The molecular weight excluding hydrogens is 294 g/mol. The van der Waals surface area contributed by atoms with Crippen LogP contribution in [-0.4, -0.2) is 43.9 Å². The number of nitrogens with zero attached hydrogens (tertiary/aromatic N) is 5. The molecule has 2 aromatic rings. The lowest BCUT2D eigenvalue weighted by molar-refractivity contribution is 0.0690.